The zero-order chi connectivity index (χ0) is 23.7. The standard InChI is InChI=1S/C27H32N4O3/c1-18(10-11-20-8-4-3-5-9-20)28-23(32)17-31-16-21-12-13-22-24(25(21)29-31)19(2)26(34-22)27(33)30-14-6-7-15-30/h3-5,8-9,16,18H,6-7,10-15,17H2,1-2H3,(H,28,32)/t18-/m1/s1. The number of carbonyl (C=O) groups is 2. The van der Waals surface area contributed by atoms with Gasteiger partial charge in [-0.25, -0.2) is 0 Å². The molecule has 3 heterocycles. The van der Waals surface area contributed by atoms with E-state index in [1.54, 1.807) is 4.68 Å². The largest absolute Gasteiger partial charge is 0.455 e. The van der Waals surface area contributed by atoms with Crippen molar-refractivity contribution in [2.75, 3.05) is 13.1 Å². The highest BCUT2D eigenvalue weighted by molar-refractivity contribution is 5.95. The van der Waals surface area contributed by atoms with Crippen LogP contribution in [0.1, 0.15) is 59.2 Å². The highest BCUT2D eigenvalue weighted by Gasteiger charge is 2.32. The molecule has 1 saturated heterocycles. The molecule has 3 aromatic rings. The van der Waals surface area contributed by atoms with Crippen molar-refractivity contribution in [3.8, 4) is 11.3 Å². The van der Waals surface area contributed by atoms with Crippen LogP contribution < -0.4 is 5.32 Å². The Kier molecular flexibility index (Phi) is 6.26. The predicted octanol–water partition coefficient (Wildman–Crippen LogP) is 3.92. The van der Waals surface area contributed by atoms with Crippen LogP contribution in [0.3, 0.4) is 0 Å². The number of nitrogens with zero attached hydrogens (tertiary/aromatic N) is 3. The monoisotopic (exact) mass is 460 g/mol. The third kappa shape index (κ3) is 4.52. The number of aromatic nitrogens is 2. The molecule has 7 nitrogen and oxygen atoms in total. The van der Waals surface area contributed by atoms with E-state index in [0.29, 0.717) is 5.76 Å². The van der Waals surface area contributed by atoms with E-state index in [4.69, 9.17) is 9.52 Å². The normalized spacial score (nSPS) is 15.6. The summed E-state index contributed by atoms with van der Waals surface area (Å²) in [5.74, 6) is 1.21. The van der Waals surface area contributed by atoms with Crippen LogP contribution >= 0.6 is 0 Å². The van der Waals surface area contributed by atoms with Gasteiger partial charge in [-0.05, 0) is 57.1 Å². The topological polar surface area (TPSA) is 80.4 Å². The minimum absolute atomic E-state index is 0.0192. The Hall–Kier alpha value is -3.35. The maximum atomic E-state index is 12.9. The fourth-order valence-electron chi connectivity index (χ4n) is 5.08. The van der Waals surface area contributed by atoms with Gasteiger partial charge in [0.25, 0.3) is 5.91 Å². The molecule has 2 aliphatic rings. The fraction of sp³-hybridized carbons (Fsp3) is 0.444. The van der Waals surface area contributed by atoms with Crippen molar-refractivity contribution in [1.82, 2.24) is 20.0 Å². The van der Waals surface area contributed by atoms with Crippen LogP contribution in [-0.2, 0) is 30.6 Å². The molecule has 1 fully saturated rings. The number of carbonyl (C=O) groups excluding carboxylic acids is 2. The van der Waals surface area contributed by atoms with E-state index in [1.807, 2.05) is 43.1 Å². The second-order valence-electron chi connectivity index (χ2n) is 9.55. The molecule has 178 valence electrons. The van der Waals surface area contributed by atoms with Gasteiger partial charge in [0.2, 0.25) is 5.91 Å². The lowest BCUT2D eigenvalue weighted by atomic mass is 9.93. The first-order valence-corrected chi connectivity index (χ1v) is 12.3. The molecular formula is C27H32N4O3. The second kappa shape index (κ2) is 9.49. The molecule has 1 aromatic carbocycles. The summed E-state index contributed by atoms with van der Waals surface area (Å²) in [4.78, 5) is 27.5. The van der Waals surface area contributed by atoms with E-state index in [0.717, 1.165) is 79.8 Å². The van der Waals surface area contributed by atoms with Crippen molar-refractivity contribution in [3.63, 3.8) is 0 Å². The Balaban J connectivity index is 1.25. The van der Waals surface area contributed by atoms with Crippen LogP contribution in [0.5, 0.6) is 0 Å². The number of benzene rings is 1. The molecule has 0 spiro atoms. The molecular weight excluding hydrogens is 428 g/mol. The van der Waals surface area contributed by atoms with Crippen molar-refractivity contribution in [1.29, 1.82) is 0 Å². The summed E-state index contributed by atoms with van der Waals surface area (Å²) in [5.41, 5.74) is 5.00. The highest BCUT2D eigenvalue weighted by Crippen LogP contribution is 2.38. The molecule has 7 heteroatoms. The van der Waals surface area contributed by atoms with Crippen LogP contribution in [0.15, 0.2) is 40.9 Å². The number of hydrogen-bond acceptors (Lipinski definition) is 4. The lowest BCUT2D eigenvalue weighted by Crippen LogP contribution is -2.35. The summed E-state index contributed by atoms with van der Waals surface area (Å²) in [6.45, 7) is 5.75. The number of nitrogens with one attached hydrogen (secondary N) is 1. The van der Waals surface area contributed by atoms with E-state index >= 15 is 0 Å². The third-order valence-corrected chi connectivity index (χ3v) is 6.92. The van der Waals surface area contributed by atoms with E-state index in [-0.39, 0.29) is 24.4 Å². The minimum Gasteiger partial charge on any atom is -0.455 e. The van der Waals surface area contributed by atoms with Crippen molar-refractivity contribution in [2.24, 2.45) is 0 Å². The molecule has 1 aliphatic heterocycles. The second-order valence-corrected chi connectivity index (χ2v) is 9.55. The Morgan fingerprint density at radius 3 is 2.68 bits per heavy atom. The van der Waals surface area contributed by atoms with E-state index in [1.165, 1.54) is 5.56 Å². The van der Waals surface area contributed by atoms with Crippen LogP contribution in [-0.4, -0.2) is 45.6 Å². The summed E-state index contributed by atoms with van der Waals surface area (Å²) >= 11 is 0. The maximum absolute atomic E-state index is 12.9. The summed E-state index contributed by atoms with van der Waals surface area (Å²) in [7, 11) is 0. The average molecular weight is 461 g/mol. The smallest absolute Gasteiger partial charge is 0.289 e. The maximum Gasteiger partial charge on any atom is 0.289 e. The molecule has 0 saturated carbocycles. The number of amides is 2. The van der Waals surface area contributed by atoms with Gasteiger partial charge in [-0.2, -0.15) is 5.10 Å². The molecule has 1 aliphatic carbocycles. The fourth-order valence-corrected chi connectivity index (χ4v) is 5.08. The average Bonchev–Trinajstić information content (AvgIpc) is 3.56. The first kappa shape index (κ1) is 22.4. The number of hydrogen-bond donors (Lipinski definition) is 1. The quantitative estimate of drug-likeness (QED) is 0.580. The van der Waals surface area contributed by atoms with Crippen LogP contribution in [0.4, 0.5) is 0 Å². The van der Waals surface area contributed by atoms with Gasteiger partial charge in [0, 0.05) is 42.9 Å². The number of fused-ring (bicyclic) bond motifs is 3. The molecule has 5 rings (SSSR count). The Bertz CT molecular complexity index is 1190. The lowest BCUT2D eigenvalue weighted by molar-refractivity contribution is -0.122. The Morgan fingerprint density at radius 1 is 1.15 bits per heavy atom. The molecule has 34 heavy (non-hydrogen) atoms. The van der Waals surface area contributed by atoms with Crippen molar-refractivity contribution >= 4 is 11.8 Å². The van der Waals surface area contributed by atoms with E-state index in [9.17, 15) is 9.59 Å². The van der Waals surface area contributed by atoms with E-state index < -0.39 is 0 Å². The predicted molar refractivity (Wildman–Crippen MR) is 130 cm³/mol. The summed E-state index contributed by atoms with van der Waals surface area (Å²) < 4.78 is 7.77. The Morgan fingerprint density at radius 2 is 1.91 bits per heavy atom. The van der Waals surface area contributed by atoms with Crippen molar-refractivity contribution < 1.29 is 14.0 Å². The number of aryl methyl sites for hydroxylation is 3. The Labute approximate surface area is 200 Å². The van der Waals surface area contributed by atoms with Gasteiger partial charge >= 0.3 is 0 Å². The van der Waals surface area contributed by atoms with Gasteiger partial charge in [0.05, 0.1) is 5.69 Å². The number of likely N-dealkylation sites (tertiary alicyclic amines) is 1. The third-order valence-electron chi connectivity index (χ3n) is 6.92. The summed E-state index contributed by atoms with van der Waals surface area (Å²) in [6.07, 6.45) is 7.41. The zero-order valence-electron chi connectivity index (χ0n) is 20.0. The van der Waals surface area contributed by atoms with E-state index in [2.05, 4.69) is 17.4 Å². The SMILES string of the molecule is Cc1c(C(=O)N2CCCC2)oc2c1-c1nn(CC(=O)N[C@H](C)CCc3ccccc3)cc1CC2. The molecule has 1 atom stereocenters. The summed E-state index contributed by atoms with van der Waals surface area (Å²) in [5, 5.41) is 7.83. The van der Waals surface area contributed by atoms with Gasteiger partial charge in [-0.1, -0.05) is 30.3 Å². The number of rotatable bonds is 7. The van der Waals surface area contributed by atoms with Crippen LogP contribution in [0.25, 0.3) is 11.3 Å². The lowest BCUT2D eigenvalue weighted by Gasteiger charge is -2.14. The van der Waals surface area contributed by atoms with Gasteiger partial charge in [0.15, 0.2) is 5.76 Å². The van der Waals surface area contributed by atoms with Gasteiger partial charge in [0.1, 0.15) is 12.3 Å². The van der Waals surface area contributed by atoms with Gasteiger partial charge < -0.3 is 14.6 Å². The summed E-state index contributed by atoms with van der Waals surface area (Å²) in [6, 6.07) is 10.4. The van der Waals surface area contributed by atoms with Crippen molar-refractivity contribution in [3.05, 3.63) is 64.7 Å². The van der Waals surface area contributed by atoms with Crippen LogP contribution in [0.2, 0.25) is 0 Å². The van der Waals surface area contributed by atoms with Gasteiger partial charge in [-0.3, -0.25) is 14.3 Å². The minimum atomic E-state index is -0.0468. The first-order valence-electron chi connectivity index (χ1n) is 12.3. The zero-order valence-corrected chi connectivity index (χ0v) is 20.0. The number of furan rings is 1. The first-order chi connectivity index (χ1) is 16.5. The highest BCUT2D eigenvalue weighted by atomic mass is 16.4. The van der Waals surface area contributed by atoms with Crippen molar-refractivity contribution in [2.45, 2.75) is 65.0 Å². The molecule has 0 bridgehead atoms. The molecule has 1 N–H and O–H groups in total. The molecule has 2 aromatic heterocycles. The molecule has 0 unspecified atom stereocenters. The molecule has 0 radical (unpaired) electrons. The van der Waals surface area contributed by atoms with Crippen LogP contribution in [0, 0.1) is 6.92 Å². The molecule has 2 amide bonds. The van der Waals surface area contributed by atoms with Gasteiger partial charge in [-0.15, -0.1) is 0 Å².